The van der Waals surface area contributed by atoms with Crippen molar-refractivity contribution in [2.45, 2.75) is 0 Å². The van der Waals surface area contributed by atoms with Crippen molar-refractivity contribution in [3.8, 4) is 33.8 Å². The van der Waals surface area contributed by atoms with Gasteiger partial charge in [0, 0.05) is 54.6 Å². The summed E-state index contributed by atoms with van der Waals surface area (Å²) in [5.41, 5.74) is 12.4. The van der Waals surface area contributed by atoms with E-state index >= 15 is 0 Å². The number of fused-ring (bicyclic) bond motifs is 14. The zero-order chi connectivity index (χ0) is 39.3. The number of rotatable bonds is 4. The predicted octanol–water partition coefficient (Wildman–Crippen LogP) is 15.2. The van der Waals surface area contributed by atoms with Gasteiger partial charge in [0.2, 0.25) is 0 Å². The molecule has 13 aromatic rings. The molecule has 0 radical (unpaired) electrons. The highest BCUT2D eigenvalue weighted by Gasteiger charge is 2.20. The summed E-state index contributed by atoms with van der Waals surface area (Å²) in [6, 6.07) is 77.4. The third-order valence-corrected chi connectivity index (χ3v) is 12.6. The molecule has 0 saturated heterocycles. The number of benzene rings is 10. The van der Waals surface area contributed by atoms with Crippen LogP contribution in [0.4, 0.5) is 0 Å². The average Bonchev–Trinajstić information content (AvgIpc) is 3.84. The summed E-state index contributed by atoms with van der Waals surface area (Å²) in [6.45, 7) is 0. The van der Waals surface area contributed by atoms with Gasteiger partial charge in [-0.1, -0.05) is 164 Å². The molecule has 0 N–H and O–H groups in total. The Kier molecular flexibility index (Phi) is 7.01. The minimum atomic E-state index is 0.999. The van der Waals surface area contributed by atoms with Crippen LogP contribution in [0.3, 0.4) is 0 Å². The highest BCUT2D eigenvalue weighted by atomic mass is 15.0. The van der Waals surface area contributed by atoms with E-state index in [2.05, 4.69) is 221 Å². The zero-order valence-corrected chi connectivity index (χ0v) is 32.5. The molecule has 278 valence electrons. The number of nitrogens with zero attached hydrogens (tertiary/aromatic N) is 3. The summed E-state index contributed by atoms with van der Waals surface area (Å²) < 4.78 is 4.86. The van der Waals surface area contributed by atoms with Gasteiger partial charge in [0.25, 0.3) is 0 Å². The average molecular weight is 762 g/mol. The van der Waals surface area contributed by atoms with Gasteiger partial charge in [-0.2, -0.15) is 0 Å². The van der Waals surface area contributed by atoms with Gasteiger partial charge >= 0.3 is 0 Å². The normalized spacial score (nSPS) is 12.0. The Labute approximate surface area is 345 Å². The van der Waals surface area contributed by atoms with Crippen molar-refractivity contribution in [2.75, 3.05) is 0 Å². The van der Waals surface area contributed by atoms with Crippen LogP contribution in [0.2, 0.25) is 0 Å². The van der Waals surface area contributed by atoms with Crippen molar-refractivity contribution in [3.63, 3.8) is 0 Å². The van der Waals surface area contributed by atoms with Gasteiger partial charge < -0.3 is 9.13 Å². The van der Waals surface area contributed by atoms with Gasteiger partial charge in [-0.15, -0.1) is 0 Å². The first-order valence-electron chi connectivity index (χ1n) is 20.6. The molecule has 3 heteroatoms. The Morgan fingerprint density at radius 1 is 0.267 bits per heavy atom. The van der Waals surface area contributed by atoms with Gasteiger partial charge in [0.1, 0.15) is 0 Å². The second-order valence-electron chi connectivity index (χ2n) is 15.9. The van der Waals surface area contributed by atoms with Crippen LogP contribution in [-0.4, -0.2) is 14.1 Å². The van der Waals surface area contributed by atoms with Crippen molar-refractivity contribution < 1.29 is 0 Å². The zero-order valence-electron chi connectivity index (χ0n) is 32.5. The van der Waals surface area contributed by atoms with E-state index in [0.717, 1.165) is 39.3 Å². The molecule has 0 fully saturated rings. The summed E-state index contributed by atoms with van der Waals surface area (Å²) in [6.07, 6.45) is 0. The monoisotopic (exact) mass is 761 g/mol. The molecule has 0 bridgehead atoms. The van der Waals surface area contributed by atoms with Crippen molar-refractivity contribution in [1.29, 1.82) is 0 Å². The van der Waals surface area contributed by atoms with Crippen LogP contribution in [0.5, 0.6) is 0 Å². The minimum absolute atomic E-state index is 0.999. The van der Waals surface area contributed by atoms with E-state index in [1.54, 1.807) is 0 Å². The second-order valence-corrected chi connectivity index (χ2v) is 15.9. The molecule has 0 aliphatic carbocycles. The molecule has 3 nitrogen and oxygen atoms in total. The van der Waals surface area contributed by atoms with Crippen LogP contribution in [0.25, 0.3) is 121 Å². The molecule has 3 aromatic heterocycles. The van der Waals surface area contributed by atoms with E-state index in [9.17, 15) is 0 Å². The number of hydrogen-bond acceptors (Lipinski definition) is 1. The summed E-state index contributed by atoms with van der Waals surface area (Å²) in [4.78, 5) is 5.44. The van der Waals surface area contributed by atoms with E-state index in [1.807, 2.05) is 0 Å². The van der Waals surface area contributed by atoms with Gasteiger partial charge in [-0.3, -0.25) is 0 Å². The van der Waals surface area contributed by atoms with E-state index in [1.165, 1.54) is 81.3 Å². The van der Waals surface area contributed by atoms with Gasteiger partial charge in [0.15, 0.2) is 0 Å². The Morgan fingerprint density at radius 2 is 0.633 bits per heavy atom. The molecular weight excluding hydrogens is 727 g/mol. The van der Waals surface area contributed by atoms with Crippen LogP contribution in [0.1, 0.15) is 0 Å². The molecule has 10 aromatic carbocycles. The SMILES string of the molecule is c1ccc2c(c1)nc(-c1ccc(-c3cc(-n4c5ccccc5c5ccccc54)cc(-n4c5ccccc5c5ccccc54)c3)cc1)c1c3ccccc3c3ccccc3c21. The molecule has 0 amide bonds. The van der Waals surface area contributed by atoms with Crippen LogP contribution in [-0.2, 0) is 0 Å². The lowest BCUT2D eigenvalue weighted by atomic mass is 9.89. The maximum Gasteiger partial charge on any atom is 0.0794 e. The highest BCUT2D eigenvalue weighted by Crippen LogP contribution is 2.44. The topological polar surface area (TPSA) is 22.8 Å². The van der Waals surface area contributed by atoms with Crippen LogP contribution in [0.15, 0.2) is 212 Å². The van der Waals surface area contributed by atoms with Gasteiger partial charge in [0.05, 0.1) is 33.3 Å². The molecule has 60 heavy (non-hydrogen) atoms. The van der Waals surface area contributed by atoms with E-state index < -0.39 is 0 Å². The second kappa shape index (κ2) is 12.7. The van der Waals surface area contributed by atoms with E-state index in [-0.39, 0.29) is 0 Å². The Bertz CT molecular complexity index is 3650. The third-order valence-electron chi connectivity index (χ3n) is 12.6. The molecule has 0 unspecified atom stereocenters. The van der Waals surface area contributed by atoms with Crippen molar-refractivity contribution in [3.05, 3.63) is 212 Å². The fraction of sp³-hybridized carbons (Fsp3) is 0. The van der Waals surface area contributed by atoms with E-state index in [4.69, 9.17) is 4.98 Å². The standard InChI is InChI=1S/C57H35N3/c1-3-21-47-41(15-1)42-16-2-4-22-48(42)56-55(47)49-23-5-10-24-50(49)58-57(56)37-31-29-36(30-32-37)38-33-39(59-51-25-11-6-17-43(51)44-18-7-12-26-52(44)59)35-40(34-38)60-53-27-13-8-19-45(53)46-20-9-14-28-54(46)60/h1-35H. The lowest BCUT2D eigenvalue weighted by Gasteiger charge is -2.17. The molecule has 0 spiro atoms. The summed E-state index contributed by atoms with van der Waals surface area (Å²) >= 11 is 0. The first kappa shape index (κ1) is 33.0. The molecule has 0 aliphatic rings. The van der Waals surface area contributed by atoms with Gasteiger partial charge in [-0.05, 0) is 81.2 Å². The molecule has 0 saturated carbocycles. The summed E-state index contributed by atoms with van der Waals surface area (Å²) in [5.74, 6) is 0. The number of hydrogen-bond donors (Lipinski definition) is 0. The Hall–Kier alpha value is -8.01. The smallest absolute Gasteiger partial charge is 0.0794 e. The maximum atomic E-state index is 5.44. The number of aromatic nitrogens is 3. The van der Waals surface area contributed by atoms with Crippen molar-refractivity contribution >= 4 is 86.8 Å². The van der Waals surface area contributed by atoms with Gasteiger partial charge in [-0.25, -0.2) is 4.98 Å². The first-order valence-corrected chi connectivity index (χ1v) is 20.6. The van der Waals surface area contributed by atoms with Crippen LogP contribution >= 0.6 is 0 Å². The molecular formula is C57H35N3. The fourth-order valence-electron chi connectivity index (χ4n) is 10.1. The van der Waals surface area contributed by atoms with Crippen LogP contribution in [0, 0.1) is 0 Å². The number of pyridine rings is 1. The molecule has 0 aliphatic heterocycles. The first-order chi connectivity index (χ1) is 29.8. The summed E-state index contributed by atoms with van der Waals surface area (Å²) in [5, 5.41) is 13.6. The molecule has 13 rings (SSSR count). The quantitative estimate of drug-likeness (QED) is 0.164. The minimum Gasteiger partial charge on any atom is -0.309 e. The molecule has 3 heterocycles. The Morgan fingerprint density at radius 3 is 1.12 bits per heavy atom. The molecule has 0 atom stereocenters. The van der Waals surface area contributed by atoms with Crippen molar-refractivity contribution in [1.82, 2.24) is 14.1 Å². The highest BCUT2D eigenvalue weighted by molar-refractivity contribution is 6.33. The predicted molar refractivity (Wildman–Crippen MR) is 254 cm³/mol. The van der Waals surface area contributed by atoms with Crippen molar-refractivity contribution in [2.24, 2.45) is 0 Å². The largest absolute Gasteiger partial charge is 0.309 e. The van der Waals surface area contributed by atoms with E-state index in [0.29, 0.717) is 0 Å². The van der Waals surface area contributed by atoms with Crippen LogP contribution < -0.4 is 0 Å². The third kappa shape index (κ3) is 4.75. The number of para-hydroxylation sites is 5. The maximum absolute atomic E-state index is 5.44. The lowest BCUT2D eigenvalue weighted by molar-refractivity contribution is 1.13. The summed E-state index contributed by atoms with van der Waals surface area (Å²) in [7, 11) is 0. The fourth-order valence-corrected chi connectivity index (χ4v) is 10.1. The Balaban J connectivity index is 1.07. The lowest BCUT2D eigenvalue weighted by Crippen LogP contribution is -2.00.